The molecular formula is C15H15N3O3. The summed E-state index contributed by atoms with van der Waals surface area (Å²) in [5, 5.41) is -0.0492. The highest BCUT2D eigenvalue weighted by Crippen LogP contribution is 2.24. The van der Waals surface area contributed by atoms with Crippen molar-refractivity contribution in [2.24, 2.45) is 0 Å². The van der Waals surface area contributed by atoms with Gasteiger partial charge < -0.3 is 5.73 Å². The molecule has 6 nitrogen and oxygen atoms in total. The predicted octanol–water partition coefficient (Wildman–Crippen LogP) is 1.15. The van der Waals surface area contributed by atoms with Crippen LogP contribution in [0.15, 0.2) is 23.0 Å². The highest BCUT2D eigenvalue weighted by Gasteiger charge is 2.30. The Balaban J connectivity index is 2.42. The van der Waals surface area contributed by atoms with Crippen molar-refractivity contribution in [3.05, 3.63) is 34.4 Å². The van der Waals surface area contributed by atoms with Gasteiger partial charge in [-0.05, 0) is 25.4 Å². The number of benzene rings is 1. The molecule has 1 unspecified atom stereocenters. The number of ketones is 2. The van der Waals surface area contributed by atoms with Crippen LogP contribution in [0.5, 0.6) is 0 Å². The van der Waals surface area contributed by atoms with Crippen molar-refractivity contribution in [2.75, 3.05) is 5.73 Å². The van der Waals surface area contributed by atoms with Crippen molar-refractivity contribution < 1.29 is 15.1 Å². The smallest absolute Gasteiger partial charge is 0.264 e. The van der Waals surface area contributed by atoms with Crippen LogP contribution in [0.25, 0.3) is 10.9 Å². The van der Waals surface area contributed by atoms with Gasteiger partial charge in [-0.1, -0.05) is 6.07 Å². The molecule has 0 amide bonds. The number of hydrogen-bond donors (Lipinski definition) is 1. The van der Waals surface area contributed by atoms with Gasteiger partial charge in [-0.3, -0.25) is 19.0 Å². The molecule has 1 aliphatic rings. The Hall–Kier alpha value is -2.50. The maximum absolute atomic E-state index is 13.0. The van der Waals surface area contributed by atoms with Crippen molar-refractivity contribution in [1.82, 2.24) is 9.55 Å². The van der Waals surface area contributed by atoms with Crippen LogP contribution < -0.4 is 11.3 Å². The van der Waals surface area contributed by atoms with Crippen LogP contribution in [-0.2, 0) is 9.59 Å². The average molecular weight is 289 g/mol. The number of rotatable bonds is 1. The van der Waals surface area contributed by atoms with Crippen LogP contribution in [-0.4, -0.2) is 21.1 Å². The molecule has 1 aromatic heterocycles. The van der Waals surface area contributed by atoms with E-state index < -0.39 is 36.5 Å². The first-order valence-electron chi connectivity index (χ1n) is 8.43. The van der Waals surface area contributed by atoms with E-state index in [0.717, 1.165) is 0 Å². The number of anilines is 1. The van der Waals surface area contributed by atoms with Crippen LogP contribution in [0.2, 0.25) is 0 Å². The summed E-state index contributed by atoms with van der Waals surface area (Å²) in [4.78, 5) is 40.8. The van der Waals surface area contributed by atoms with Gasteiger partial charge >= 0.3 is 0 Å². The Kier molecular flexibility index (Phi) is 2.16. The second kappa shape index (κ2) is 4.80. The molecule has 0 saturated heterocycles. The van der Waals surface area contributed by atoms with Gasteiger partial charge in [0.15, 0.2) is 5.78 Å². The summed E-state index contributed by atoms with van der Waals surface area (Å²) in [6, 6.07) is 2.22. The number of aryl methyl sites for hydroxylation is 1. The molecule has 108 valence electrons. The zero-order valence-corrected chi connectivity index (χ0v) is 11.0. The van der Waals surface area contributed by atoms with E-state index in [1.54, 1.807) is 0 Å². The van der Waals surface area contributed by atoms with Crippen molar-refractivity contribution in [1.29, 1.82) is 0 Å². The Morgan fingerprint density at radius 3 is 2.95 bits per heavy atom. The molecule has 0 radical (unpaired) electrons. The summed E-state index contributed by atoms with van der Waals surface area (Å²) in [6.45, 7) is -2.83. The SMILES string of the molecule is [2H]C([2H])([2H])c1nc2cccc(N)c2c(=O)n1C1([2H])CCC(=O)CC1=O. The molecule has 6 heteroatoms. The molecular weight excluding hydrogens is 270 g/mol. The minimum Gasteiger partial charge on any atom is -0.398 e. The van der Waals surface area contributed by atoms with E-state index in [1.807, 2.05) is 0 Å². The fourth-order valence-corrected chi connectivity index (χ4v) is 2.51. The molecule has 0 aliphatic heterocycles. The van der Waals surface area contributed by atoms with Crippen molar-refractivity contribution in [2.45, 2.75) is 32.1 Å². The van der Waals surface area contributed by atoms with Gasteiger partial charge in [0.1, 0.15) is 11.6 Å². The quantitative estimate of drug-likeness (QED) is 0.627. The fourth-order valence-electron chi connectivity index (χ4n) is 2.51. The molecule has 0 spiro atoms. The molecule has 1 heterocycles. The average Bonchev–Trinajstić information content (AvgIpc) is 2.50. The van der Waals surface area contributed by atoms with E-state index in [1.165, 1.54) is 18.2 Å². The number of nitrogen functional groups attached to an aromatic ring is 1. The largest absolute Gasteiger partial charge is 0.398 e. The minimum atomic E-state index is -2.83. The molecule has 21 heavy (non-hydrogen) atoms. The van der Waals surface area contributed by atoms with E-state index in [9.17, 15) is 14.4 Å². The Morgan fingerprint density at radius 1 is 1.43 bits per heavy atom. The monoisotopic (exact) mass is 289 g/mol. The summed E-state index contributed by atoms with van der Waals surface area (Å²) in [7, 11) is 0. The summed E-state index contributed by atoms with van der Waals surface area (Å²) < 4.78 is 32.1. The Labute approximate surface area is 126 Å². The van der Waals surface area contributed by atoms with Gasteiger partial charge in [-0.15, -0.1) is 0 Å². The maximum Gasteiger partial charge on any atom is 0.264 e. The predicted molar refractivity (Wildman–Crippen MR) is 78.1 cm³/mol. The molecule has 1 atom stereocenters. The van der Waals surface area contributed by atoms with E-state index in [2.05, 4.69) is 4.98 Å². The van der Waals surface area contributed by atoms with E-state index in [-0.39, 0.29) is 35.2 Å². The molecule has 1 aliphatic carbocycles. The first kappa shape index (κ1) is 9.44. The molecule has 1 aromatic carbocycles. The van der Waals surface area contributed by atoms with Crippen LogP contribution in [0.4, 0.5) is 5.69 Å². The second-order valence-electron chi connectivity index (χ2n) is 4.90. The van der Waals surface area contributed by atoms with Crippen LogP contribution in [0, 0.1) is 6.85 Å². The summed E-state index contributed by atoms with van der Waals surface area (Å²) in [5.41, 5.74) is 5.10. The van der Waals surface area contributed by atoms with Crippen molar-refractivity contribution >= 4 is 28.2 Å². The molecule has 2 aromatic rings. The number of carbonyl (C=O) groups excluding carboxylic acids is 2. The zero-order valence-electron chi connectivity index (χ0n) is 15.0. The number of hydrogen-bond acceptors (Lipinski definition) is 5. The number of aromatic nitrogens is 2. The van der Waals surface area contributed by atoms with Crippen LogP contribution >= 0.6 is 0 Å². The van der Waals surface area contributed by atoms with E-state index in [4.69, 9.17) is 11.2 Å². The number of nitrogens with two attached hydrogens (primary N) is 1. The standard InChI is InChI=1S/C15H15N3O3/c1-8-17-11-4-2-3-10(16)14(11)15(21)18(8)12-6-5-9(19)7-13(12)20/h2-4,12H,5-7,16H2,1H3/i1D3,12D. The van der Waals surface area contributed by atoms with Crippen LogP contribution in [0.1, 0.15) is 36.6 Å². The van der Waals surface area contributed by atoms with E-state index in [0.29, 0.717) is 4.57 Å². The normalized spacial score (nSPS) is 26.1. The molecule has 2 N–H and O–H groups in total. The second-order valence-corrected chi connectivity index (χ2v) is 4.90. The number of nitrogens with zero attached hydrogens (tertiary/aromatic N) is 2. The Bertz CT molecular complexity index is 967. The van der Waals surface area contributed by atoms with Gasteiger partial charge in [0.2, 0.25) is 0 Å². The third kappa shape index (κ3) is 2.12. The fraction of sp³-hybridized carbons (Fsp3) is 0.333. The highest BCUT2D eigenvalue weighted by atomic mass is 16.2. The molecule has 0 bridgehead atoms. The van der Waals surface area contributed by atoms with Gasteiger partial charge in [-0.25, -0.2) is 4.98 Å². The first-order valence-corrected chi connectivity index (χ1v) is 6.43. The maximum atomic E-state index is 13.0. The number of carbonyl (C=O) groups is 2. The molecule has 3 rings (SSSR count). The topological polar surface area (TPSA) is 95.0 Å². The number of Topliss-reactive ketones (excluding diaryl/α,β-unsaturated/α-hetero) is 2. The number of fused-ring (bicyclic) bond motifs is 1. The lowest BCUT2D eigenvalue weighted by atomic mass is 9.92. The van der Waals surface area contributed by atoms with Gasteiger partial charge in [0, 0.05) is 16.2 Å². The summed E-state index contributed by atoms with van der Waals surface area (Å²) >= 11 is 0. The lowest BCUT2D eigenvalue weighted by molar-refractivity contribution is -0.132. The van der Waals surface area contributed by atoms with Crippen molar-refractivity contribution in [3.63, 3.8) is 0 Å². The van der Waals surface area contributed by atoms with Gasteiger partial charge in [0.05, 0.1) is 24.7 Å². The van der Waals surface area contributed by atoms with Gasteiger partial charge in [0.25, 0.3) is 5.56 Å². The molecule has 1 fully saturated rings. The third-order valence-electron chi connectivity index (χ3n) is 3.52. The third-order valence-corrected chi connectivity index (χ3v) is 3.52. The summed E-state index contributed by atoms with van der Waals surface area (Å²) in [6.07, 6.45) is -0.892. The Morgan fingerprint density at radius 2 is 2.24 bits per heavy atom. The van der Waals surface area contributed by atoms with Crippen molar-refractivity contribution in [3.8, 4) is 0 Å². The minimum absolute atomic E-state index is 0.0492. The zero-order chi connectivity index (χ0) is 18.6. The van der Waals surface area contributed by atoms with E-state index >= 15 is 0 Å². The van der Waals surface area contributed by atoms with Gasteiger partial charge in [-0.2, -0.15) is 0 Å². The highest BCUT2D eigenvalue weighted by molar-refractivity contribution is 6.03. The van der Waals surface area contributed by atoms with Crippen LogP contribution in [0.3, 0.4) is 0 Å². The lowest BCUT2D eigenvalue weighted by Crippen LogP contribution is -2.36. The lowest BCUT2D eigenvalue weighted by Gasteiger charge is -2.24. The molecule has 1 saturated carbocycles. The summed E-state index contributed by atoms with van der Waals surface area (Å²) in [5.74, 6) is -1.83. The first-order chi connectivity index (χ1) is 11.6.